The van der Waals surface area contributed by atoms with Crippen LogP contribution in [0.25, 0.3) is 4.96 Å². The van der Waals surface area contributed by atoms with Gasteiger partial charge in [-0.05, 0) is 34.6 Å². The second-order valence-electron chi connectivity index (χ2n) is 4.38. The number of halogens is 2. The molecule has 0 fully saturated rings. The van der Waals surface area contributed by atoms with E-state index in [4.69, 9.17) is 4.74 Å². The lowest BCUT2D eigenvalue weighted by atomic mass is 10.3. The number of benzene rings is 1. The Balaban J connectivity index is 1.94. The Labute approximate surface area is 133 Å². The highest BCUT2D eigenvalue weighted by atomic mass is 79.9. The average Bonchev–Trinajstić information content (AvgIpc) is 3.02. The molecule has 1 aromatic carbocycles. The van der Waals surface area contributed by atoms with E-state index in [-0.39, 0.29) is 5.82 Å². The number of thiazole rings is 1. The average molecular weight is 370 g/mol. The Morgan fingerprint density at radius 2 is 2.33 bits per heavy atom. The van der Waals surface area contributed by atoms with E-state index in [0.29, 0.717) is 22.6 Å². The van der Waals surface area contributed by atoms with Crippen LogP contribution in [0.3, 0.4) is 0 Å². The zero-order chi connectivity index (χ0) is 14.8. The van der Waals surface area contributed by atoms with Gasteiger partial charge in [0.25, 0.3) is 0 Å². The van der Waals surface area contributed by atoms with Gasteiger partial charge < -0.3 is 10.1 Å². The lowest BCUT2D eigenvalue weighted by Crippen LogP contribution is -2.13. The molecule has 4 nitrogen and oxygen atoms in total. The summed E-state index contributed by atoms with van der Waals surface area (Å²) in [6, 6.07) is 4.67. The molecule has 0 unspecified atom stereocenters. The highest BCUT2D eigenvalue weighted by molar-refractivity contribution is 9.10. The van der Waals surface area contributed by atoms with Crippen LogP contribution >= 0.6 is 27.3 Å². The topological polar surface area (TPSA) is 38.6 Å². The Morgan fingerprint density at radius 1 is 1.48 bits per heavy atom. The zero-order valence-corrected chi connectivity index (χ0v) is 13.7. The standard InChI is InChI=1S/C14H13BrFN3OS/c1-2-17-8-12-13(18-14-19(12)5-6-21-14)20-9-3-4-10(15)11(16)7-9/h3-7,17H,2,8H2,1H3. The minimum atomic E-state index is -0.359. The van der Waals surface area contributed by atoms with Gasteiger partial charge >= 0.3 is 0 Å². The lowest BCUT2D eigenvalue weighted by Gasteiger charge is -2.07. The molecule has 21 heavy (non-hydrogen) atoms. The summed E-state index contributed by atoms with van der Waals surface area (Å²) in [4.78, 5) is 5.31. The Hall–Kier alpha value is -1.44. The number of nitrogens with one attached hydrogen (secondary N) is 1. The van der Waals surface area contributed by atoms with Crippen LogP contribution in [0.4, 0.5) is 4.39 Å². The number of hydrogen-bond donors (Lipinski definition) is 1. The Morgan fingerprint density at radius 3 is 3.10 bits per heavy atom. The van der Waals surface area contributed by atoms with E-state index in [1.165, 1.54) is 17.4 Å². The monoisotopic (exact) mass is 369 g/mol. The molecule has 1 N–H and O–H groups in total. The fraction of sp³-hybridized carbons (Fsp3) is 0.214. The van der Waals surface area contributed by atoms with Crippen molar-refractivity contribution in [3.8, 4) is 11.6 Å². The molecule has 0 aliphatic carbocycles. The largest absolute Gasteiger partial charge is 0.437 e. The first kappa shape index (κ1) is 14.5. The van der Waals surface area contributed by atoms with E-state index in [0.717, 1.165) is 17.2 Å². The highest BCUT2D eigenvalue weighted by Crippen LogP contribution is 2.29. The van der Waals surface area contributed by atoms with E-state index >= 15 is 0 Å². The van der Waals surface area contributed by atoms with E-state index < -0.39 is 0 Å². The first-order valence-corrected chi connectivity index (χ1v) is 8.14. The quantitative estimate of drug-likeness (QED) is 0.732. The van der Waals surface area contributed by atoms with Gasteiger partial charge in [-0.2, -0.15) is 4.98 Å². The number of hydrogen-bond acceptors (Lipinski definition) is 4. The molecule has 7 heteroatoms. The molecule has 0 saturated heterocycles. The number of nitrogens with zero attached hydrogens (tertiary/aromatic N) is 2. The molecule has 2 heterocycles. The third kappa shape index (κ3) is 2.95. The number of ether oxygens (including phenoxy) is 1. The second kappa shape index (κ2) is 6.13. The first-order chi connectivity index (χ1) is 10.2. The third-order valence-electron chi connectivity index (χ3n) is 2.97. The van der Waals surface area contributed by atoms with Gasteiger partial charge in [0, 0.05) is 24.2 Å². The van der Waals surface area contributed by atoms with Gasteiger partial charge in [0.15, 0.2) is 4.96 Å². The number of fused-ring (bicyclic) bond motifs is 1. The molecule has 0 aliphatic rings. The smallest absolute Gasteiger partial charge is 0.243 e. The summed E-state index contributed by atoms with van der Waals surface area (Å²) in [7, 11) is 0. The van der Waals surface area contributed by atoms with Crippen molar-refractivity contribution in [1.82, 2.24) is 14.7 Å². The zero-order valence-electron chi connectivity index (χ0n) is 11.3. The molecule has 0 radical (unpaired) electrons. The van der Waals surface area contributed by atoms with Crippen LogP contribution in [-0.2, 0) is 6.54 Å². The van der Waals surface area contributed by atoms with Crippen molar-refractivity contribution in [2.75, 3.05) is 6.54 Å². The molecule has 0 aliphatic heterocycles. The van der Waals surface area contributed by atoms with E-state index in [1.54, 1.807) is 12.1 Å². The van der Waals surface area contributed by atoms with Crippen molar-refractivity contribution in [2.24, 2.45) is 0 Å². The summed E-state index contributed by atoms with van der Waals surface area (Å²) in [5.74, 6) is 0.575. The van der Waals surface area contributed by atoms with Crippen molar-refractivity contribution < 1.29 is 9.13 Å². The first-order valence-electron chi connectivity index (χ1n) is 6.47. The number of rotatable bonds is 5. The lowest BCUT2D eigenvalue weighted by molar-refractivity contribution is 0.451. The van der Waals surface area contributed by atoms with Crippen LogP contribution in [0.2, 0.25) is 0 Å². The Bertz CT molecular complexity index is 771. The molecule has 3 rings (SSSR count). The van der Waals surface area contributed by atoms with Crippen molar-refractivity contribution in [3.05, 3.63) is 45.8 Å². The number of aromatic nitrogens is 2. The summed E-state index contributed by atoms with van der Waals surface area (Å²) in [6.45, 7) is 3.53. The van der Waals surface area contributed by atoms with Gasteiger partial charge in [-0.3, -0.25) is 4.40 Å². The molecule has 0 bridgehead atoms. The van der Waals surface area contributed by atoms with Crippen molar-refractivity contribution in [3.63, 3.8) is 0 Å². The molecule has 0 amide bonds. The SMILES string of the molecule is CCNCc1c(Oc2ccc(Br)c(F)c2)nc2sccn12. The van der Waals surface area contributed by atoms with Gasteiger partial charge in [-0.1, -0.05) is 6.92 Å². The van der Waals surface area contributed by atoms with E-state index in [1.807, 2.05) is 22.9 Å². The maximum Gasteiger partial charge on any atom is 0.243 e. The maximum absolute atomic E-state index is 13.6. The van der Waals surface area contributed by atoms with Gasteiger partial charge in [0.2, 0.25) is 5.88 Å². The van der Waals surface area contributed by atoms with Crippen molar-refractivity contribution >= 4 is 32.2 Å². The van der Waals surface area contributed by atoms with Gasteiger partial charge in [0.05, 0.1) is 4.47 Å². The summed E-state index contributed by atoms with van der Waals surface area (Å²) in [5.41, 5.74) is 0.927. The highest BCUT2D eigenvalue weighted by Gasteiger charge is 2.15. The van der Waals surface area contributed by atoms with Gasteiger partial charge in [-0.25, -0.2) is 4.39 Å². The third-order valence-corrected chi connectivity index (χ3v) is 4.37. The van der Waals surface area contributed by atoms with Crippen LogP contribution in [-0.4, -0.2) is 15.9 Å². The second-order valence-corrected chi connectivity index (χ2v) is 6.10. The minimum Gasteiger partial charge on any atom is -0.437 e. The predicted molar refractivity (Wildman–Crippen MR) is 84.6 cm³/mol. The molecule has 110 valence electrons. The van der Waals surface area contributed by atoms with E-state index in [9.17, 15) is 4.39 Å². The van der Waals surface area contributed by atoms with Crippen LogP contribution in [0, 0.1) is 5.82 Å². The van der Waals surface area contributed by atoms with Crippen LogP contribution in [0.5, 0.6) is 11.6 Å². The summed E-state index contributed by atoms with van der Waals surface area (Å²) in [6.07, 6.45) is 1.95. The fourth-order valence-corrected chi connectivity index (χ4v) is 2.92. The molecular weight excluding hydrogens is 357 g/mol. The fourth-order valence-electron chi connectivity index (χ4n) is 1.95. The molecule has 2 aromatic heterocycles. The summed E-state index contributed by atoms with van der Waals surface area (Å²) >= 11 is 4.66. The van der Waals surface area contributed by atoms with Crippen LogP contribution in [0.1, 0.15) is 12.6 Å². The Kier molecular flexibility index (Phi) is 4.23. The normalized spacial score (nSPS) is 11.2. The predicted octanol–water partition coefficient (Wildman–Crippen LogP) is 4.20. The molecule has 0 saturated carbocycles. The van der Waals surface area contributed by atoms with Crippen molar-refractivity contribution in [1.29, 1.82) is 0 Å². The molecule has 3 aromatic rings. The minimum absolute atomic E-state index is 0.359. The van der Waals surface area contributed by atoms with E-state index in [2.05, 4.69) is 26.2 Å². The number of imidazole rings is 1. The summed E-state index contributed by atoms with van der Waals surface area (Å²) < 4.78 is 21.7. The maximum atomic E-state index is 13.6. The van der Waals surface area contributed by atoms with Gasteiger partial charge in [-0.15, -0.1) is 11.3 Å². The van der Waals surface area contributed by atoms with Gasteiger partial charge in [0.1, 0.15) is 17.3 Å². The molecule has 0 spiro atoms. The van der Waals surface area contributed by atoms with Crippen LogP contribution < -0.4 is 10.1 Å². The van der Waals surface area contributed by atoms with Crippen LogP contribution in [0.15, 0.2) is 34.2 Å². The summed E-state index contributed by atoms with van der Waals surface area (Å²) in [5, 5.41) is 5.23. The molecular formula is C14H13BrFN3OS. The molecule has 0 atom stereocenters. The van der Waals surface area contributed by atoms with Crippen molar-refractivity contribution in [2.45, 2.75) is 13.5 Å².